The highest BCUT2D eigenvalue weighted by Crippen LogP contribution is 2.35. The number of piperazine rings is 1. The highest BCUT2D eigenvalue weighted by atomic mass is 16.6. The number of allylic oxidation sites excluding steroid dienone is 2. The standard InChI is InChI=1S/C32H42N2O4/c1-8-17-32(7,18-9-2)29(35)33-19-20-34(30(36)38-31(4,5)6)28(22-33)27-16-15-26(21-24(27)3)37-23-25-13-11-10-12-14-25/h8-16,21,28H,1-2,17-20,22-23H2,3-7H3. The van der Waals surface area contributed by atoms with Crippen LogP contribution in [-0.4, -0.2) is 47.0 Å². The first kappa shape index (κ1) is 29.0. The van der Waals surface area contributed by atoms with Crippen LogP contribution in [0.5, 0.6) is 5.75 Å². The van der Waals surface area contributed by atoms with Crippen molar-refractivity contribution in [3.63, 3.8) is 0 Å². The number of carbonyl (C=O) groups is 2. The number of nitrogens with zero attached hydrogens (tertiary/aromatic N) is 2. The van der Waals surface area contributed by atoms with Crippen molar-refractivity contribution in [3.05, 3.63) is 90.5 Å². The first-order valence-electron chi connectivity index (χ1n) is 13.3. The van der Waals surface area contributed by atoms with Crippen LogP contribution >= 0.6 is 0 Å². The number of hydrogen-bond donors (Lipinski definition) is 0. The van der Waals surface area contributed by atoms with Gasteiger partial charge in [-0.3, -0.25) is 9.69 Å². The summed E-state index contributed by atoms with van der Waals surface area (Å²) in [5.41, 5.74) is 1.81. The van der Waals surface area contributed by atoms with Gasteiger partial charge in [0.05, 0.1) is 11.5 Å². The van der Waals surface area contributed by atoms with E-state index in [0.717, 1.165) is 22.4 Å². The second-order valence-corrected chi connectivity index (χ2v) is 11.3. The molecule has 0 saturated carbocycles. The van der Waals surface area contributed by atoms with Gasteiger partial charge in [-0.25, -0.2) is 4.79 Å². The third-order valence-corrected chi connectivity index (χ3v) is 6.85. The first-order valence-corrected chi connectivity index (χ1v) is 13.3. The summed E-state index contributed by atoms with van der Waals surface area (Å²) in [5, 5.41) is 0. The molecule has 0 N–H and O–H groups in total. The van der Waals surface area contributed by atoms with Crippen LogP contribution in [0.2, 0.25) is 0 Å². The third kappa shape index (κ3) is 7.27. The maximum absolute atomic E-state index is 13.7. The van der Waals surface area contributed by atoms with Gasteiger partial charge < -0.3 is 14.4 Å². The van der Waals surface area contributed by atoms with Crippen molar-refractivity contribution in [2.45, 2.75) is 65.7 Å². The summed E-state index contributed by atoms with van der Waals surface area (Å²) in [5.74, 6) is 0.804. The quantitative estimate of drug-likeness (QED) is 0.341. The van der Waals surface area contributed by atoms with Gasteiger partial charge in [0, 0.05) is 19.6 Å². The maximum atomic E-state index is 13.7. The minimum absolute atomic E-state index is 0.0478. The van der Waals surface area contributed by atoms with E-state index in [1.807, 2.05) is 88.0 Å². The number of carbonyl (C=O) groups excluding carboxylic acids is 2. The Morgan fingerprint density at radius 1 is 1.00 bits per heavy atom. The Balaban J connectivity index is 1.88. The molecular weight excluding hydrogens is 476 g/mol. The smallest absolute Gasteiger partial charge is 0.410 e. The van der Waals surface area contributed by atoms with Crippen molar-refractivity contribution in [1.29, 1.82) is 0 Å². The van der Waals surface area contributed by atoms with E-state index in [-0.39, 0.29) is 18.0 Å². The summed E-state index contributed by atoms with van der Waals surface area (Å²) in [6.45, 7) is 18.9. The summed E-state index contributed by atoms with van der Waals surface area (Å²) in [4.78, 5) is 30.6. The van der Waals surface area contributed by atoms with Gasteiger partial charge in [0.25, 0.3) is 0 Å². The molecule has 204 valence electrons. The molecule has 3 rings (SSSR count). The van der Waals surface area contributed by atoms with Gasteiger partial charge >= 0.3 is 6.09 Å². The fourth-order valence-corrected chi connectivity index (χ4v) is 4.90. The largest absolute Gasteiger partial charge is 0.489 e. The SMILES string of the molecule is C=CCC(C)(CC=C)C(=O)N1CCN(C(=O)OC(C)(C)C)C(c2ccc(OCc3ccccc3)cc2C)C1. The van der Waals surface area contributed by atoms with Crippen LogP contribution < -0.4 is 4.74 Å². The topological polar surface area (TPSA) is 59.1 Å². The molecule has 1 unspecified atom stereocenters. The summed E-state index contributed by atoms with van der Waals surface area (Å²) in [7, 11) is 0. The van der Waals surface area contributed by atoms with E-state index in [4.69, 9.17) is 9.47 Å². The normalized spacial score (nSPS) is 16.1. The average Bonchev–Trinajstić information content (AvgIpc) is 2.86. The lowest BCUT2D eigenvalue weighted by Crippen LogP contribution is -2.55. The fraction of sp³-hybridized carbons (Fsp3) is 0.438. The molecular formula is C32H42N2O4. The Hall–Kier alpha value is -3.54. The van der Waals surface area contributed by atoms with Gasteiger partial charge in [0.1, 0.15) is 18.0 Å². The molecule has 1 heterocycles. The number of rotatable bonds is 9. The van der Waals surface area contributed by atoms with Crippen LogP contribution in [0.25, 0.3) is 0 Å². The fourth-order valence-electron chi connectivity index (χ4n) is 4.90. The van der Waals surface area contributed by atoms with Gasteiger partial charge in [-0.2, -0.15) is 0 Å². The Morgan fingerprint density at radius 2 is 1.66 bits per heavy atom. The molecule has 38 heavy (non-hydrogen) atoms. The molecule has 6 nitrogen and oxygen atoms in total. The van der Waals surface area contributed by atoms with Crippen LogP contribution in [0.15, 0.2) is 73.8 Å². The Bertz CT molecular complexity index is 1130. The molecule has 1 saturated heterocycles. The van der Waals surface area contributed by atoms with Crippen molar-refractivity contribution in [2.75, 3.05) is 19.6 Å². The first-order chi connectivity index (χ1) is 18.0. The molecule has 2 amide bonds. The van der Waals surface area contributed by atoms with Crippen molar-refractivity contribution in [2.24, 2.45) is 5.41 Å². The molecule has 1 aliphatic rings. The Morgan fingerprint density at radius 3 is 2.24 bits per heavy atom. The van der Waals surface area contributed by atoms with Crippen LogP contribution in [0.3, 0.4) is 0 Å². The lowest BCUT2D eigenvalue weighted by Gasteiger charge is -2.44. The predicted octanol–water partition coefficient (Wildman–Crippen LogP) is 6.85. The monoisotopic (exact) mass is 518 g/mol. The lowest BCUT2D eigenvalue weighted by molar-refractivity contribution is -0.144. The van der Waals surface area contributed by atoms with Gasteiger partial charge in [0.2, 0.25) is 5.91 Å². The molecule has 0 aromatic heterocycles. The molecule has 6 heteroatoms. The van der Waals surface area contributed by atoms with Crippen LogP contribution in [-0.2, 0) is 16.1 Å². The maximum Gasteiger partial charge on any atom is 0.410 e. The van der Waals surface area contributed by atoms with Crippen LogP contribution in [0.4, 0.5) is 4.79 Å². The number of ether oxygens (including phenoxy) is 2. The van der Waals surface area contributed by atoms with E-state index in [1.54, 1.807) is 17.1 Å². The second kappa shape index (κ2) is 12.3. The predicted molar refractivity (Wildman–Crippen MR) is 152 cm³/mol. The molecule has 2 aromatic carbocycles. The highest BCUT2D eigenvalue weighted by molar-refractivity contribution is 5.83. The highest BCUT2D eigenvalue weighted by Gasteiger charge is 2.41. The summed E-state index contributed by atoms with van der Waals surface area (Å²) >= 11 is 0. The second-order valence-electron chi connectivity index (χ2n) is 11.3. The van der Waals surface area contributed by atoms with Crippen LogP contribution in [0, 0.1) is 12.3 Å². The average molecular weight is 519 g/mol. The number of benzene rings is 2. The Labute approximate surface area is 227 Å². The molecule has 0 bridgehead atoms. The van der Waals surface area contributed by atoms with Crippen molar-refractivity contribution in [1.82, 2.24) is 9.80 Å². The van der Waals surface area contributed by atoms with Gasteiger partial charge in [-0.1, -0.05) is 55.5 Å². The molecule has 1 aliphatic heterocycles. The van der Waals surface area contributed by atoms with E-state index in [0.29, 0.717) is 39.1 Å². The molecule has 1 atom stereocenters. The van der Waals surface area contributed by atoms with Crippen molar-refractivity contribution in [3.8, 4) is 5.75 Å². The molecule has 0 aliphatic carbocycles. The lowest BCUT2D eigenvalue weighted by atomic mass is 9.81. The van der Waals surface area contributed by atoms with E-state index >= 15 is 0 Å². The molecule has 0 radical (unpaired) electrons. The zero-order valence-corrected chi connectivity index (χ0v) is 23.5. The number of amides is 2. The molecule has 0 spiro atoms. The summed E-state index contributed by atoms with van der Waals surface area (Å²) in [6, 6.07) is 15.6. The minimum atomic E-state index is -0.620. The van der Waals surface area contributed by atoms with Gasteiger partial charge in [0.15, 0.2) is 0 Å². The van der Waals surface area contributed by atoms with Crippen molar-refractivity contribution < 1.29 is 19.1 Å². The van der Waals surface area contributed by atoms with Gasteiger partial charge in [-0.05, 0) is 69.4 Å². The molecule has 1 fully saturated rings. The van der Waals surface area contributed by atoms with Crippen molar-refractivity contribution >= 4 is 12.0 Å². The van der Waals surface area contributed by atoms with E-state index in [1.165, 1.54) is 0 Å². The number of aryl methyl sites for hydroxylation is 1. The zero-order valence-electron chi connectivity index (χ0n) is 23.5. The van der Waals surface area contributed by atoms with E-state index < -0.39 is 11.0 Å². The summed E-state index contributed by atoms with van der Waals surface area (Å²) in [6.07, 6.45) is 4.31. The van der Waals surface area contributed by atoms with E-state index in [2.05, 4.69) is 13.2 Å². The van der Waals surface area contributed by atoms with E-state index in [9.17, 15) is 9.59 Å². The summed E-state index contributed by atoms with van der Waals surface area (Å²) < 4.78 is 11.8. The minimum Gasteiger partial charge on any atom is -0.489 e. The number of hydrogen-bond acceptors (Lipinski definition) is 4. The van der Waals surface area contributed by atoms with Crippen LogP contribution in [0.1, 0.15) is 63.3 Å². The van der Waals surface area contributed by atoms with Gasteiger partial charge in [-0.15, -0.1) is 13.2 Å². The zero-order chi connectivity index (χ0) is 27.9. The Kier molecular flexibility index (Phi) is 9.42. The molecule has 2 aromatic rings. The third-order valence-electron chi connectivity index (χ3n) is 6.85.